The Morgan fingerprint density at radius 3 is 2.77 bits per heavy atom. The summed E-state index contributed by atoms with van der Waals surface area (Å²) in [5.74, 6) is 0.799. The first kappa shape index (κ1) is 12.2. The summed E-state index contributed by atoms with van der Waals surface area (Å²) in [5.41, 5.74) is 7.25. The molecule has 2 aromatic rings. The summed E-state index contributed by atoms with van der Waals surface area (Å²) in [4.78, 5) is 11.2. The summed E-state index contributed by atoms with van der Waals surface area (Å²) in [6, 6.07) is 1.85. The maximum atomic E-state index is 5.40. The van der Waals surface area contributed by atoms with E-state index in [-0.39, 0.29) is 24.8 Å². The third kappa shape index (κ3) is 2.30. The van der Waals surface area contributed by atoms with Crippen molar-refractivity contribution in [3.8, 4) is 0 Å². The Bertz CT molecular complexity index is 340. The Morgan fingerprint density at radius 1 is 1.38 bits per heavy atom. The van der Waals surface area contributed by atoms with Crippen LogP contribution in [0.3, 0.4) is 0 Å². The van der Waals surface area contributed by atoms with E-state index < -0.39 is 0 Å². The second-order valence-corrected chi connectivity index (χ2v) is 2.28. The zero-order chi connectivity index (χ0) is 7.68. The van der Waals surface area contributed by atoms with Gasteiger partial charge in [-0.15, -0.1) is 24.8 Å². The van der Waals surface area contributed by atoms with Crippen LogP contribution in [0, 0.1) is 0 Å². The molecule has 2 heterocycles. The Labute approximate surface area is 87.8 Å². The van der Waals surface area contributed by atoms with Gasteiger partial charge in [-0.25, -0.2) is 4.98 Å². The quantitative estimate of drug-likeness (QED) is 0.761. The minimum absolute atomic E-state index is 0. The van der Waals surface area contributed by atoms with Crippen LogP contribution >= 0.6 is 24.8 Å². The molecule has 0 radical (unpaired) electrons. The van der Waals surface area contributed by atoms with E-state index in [1.54, 1.807) is 12.4 Å². The number of nitrogens with zero attached hydrogens (tertiary/aromatic N) is 2. The predicted molar refractivity (Wildman–Crippen MR) is 56.3 cm³/mol. The average Bonchev–Trinajstić information content (AvgIpc) is 2.46. The molecule has 3 N–H and O–H groups in total. The lowest BCUT2D eigenvalue weighted by Gasteiger charge is -1.82. The van der Waals surface area contributed by atoms with Crippen molar-refractivity contribution in [2.24, 2.45) is 5.73 Å². The van der Waals surface area contributed by atoms with E-state index in [4.69, 9.17) is 5.73 Å². The lowest BCUT2D eigenvalue weighted by atomic mass is 10.4. The van der Waals surface area contributed by atoms with Crippen molar-refractivity contribution < 1.29 is 0 Å². The molecule has 13 heavy (non-hydrogen) atoms. The summed E-state index contributed by atoms with van der Waals surface area (Å²) >= 11 is 0. The van der Waals surface area contributed by atoms with E-state index in [0.29, 0.717) is 6.54 Å². The smallest absolute Gasteiger partial charge is 0.121 e. The first-order chi connectivity index (χ1) is 5.40. The molecule has 0 aliphatic carbocycles. The van der Waals surface area contributed by atoms with Crippen molar-refractivity contribution in [3.05, 3.63) is 24.3 Å². The number of nitrogens with one attached hydrogen (secondary N) is 1. The van der Waals surface area contributed by atoms with E-state index in [1.807, 2.05) is 6.07 Å². The molecule has 0 spiro atoms. The highest BCUT2D eigenvalue weighted by Gasteiger charge is 1.98. The summed E-state index contributed by atoms with van der Waals surface area (Å²) in [5, 5.41) is 0. The Morgan fingerprint density at radius 2 is 2.15 bits per heavy atom. The third-order valence-corrected chi connectivity index (χ3v) is 1.53. The fourth-order valence-corrected chi connectivity index (χ4v) is 1.01. The van der Waals surface area contributed by atoms with Gasteiger partial charge in [0, 0.05) is 6.20 Å². The van der Waals surface area contributed by atoms with Crippen LogP contribution in [0.5, 0.6) is 0 Å². The van der Waals surface area contributed by atoms with Gasteiger partial charge in [-0.1, -0.05) is 0 Å². The molecule has 2 rings (SSSR count). The highest BCUT2D eigenvalue weighted by atomic mass is 35.5. The Balaban J connectivity index is 0.000000720. The highest BCUT2D eigenvalue weighted by Crippen LogP contribution is 2.07. The maximum absolute atomic E-state index is 5.40. The van der Waals surface area contributed by atoms with Gasteiger partial charge in [0.25, 0.3) is 0 Å². The van der Waals surface area contributed by atoms with Crippen molar-refractivity contribution in [1.29, 1.82) is 0 Å². The van der Waals surface area contributed by atoms with Crippen LogP contribution in [0.2, 0.25) is 0 Å². The van der Waals surface area contributed by atoms with Crippen molar-refractivity contribution in [2.45, 2.75) is 6.54 Å². The van der Waals surface area contributed by atoms with Gasteiger partial charge in [-0.05, 0) is 6.07 Å². The molecule has 0 bridgehead atoms. The number of nitrogens with two attached hydrogens (primary N) is 1. The molecule has 0 aromatic carbocycles. The topological polar surface area (TPSA) is 67.6 Å². The standard InChI is InChI=1S/C7H8N4.2ClH/c8-3-7-10-5-1-2-9-4-6(5)11-7;;/h1-2,4H,3,8H2,(H,10,11);2*1H. The number of aromatic amines is 1. The number of hydrogen-bond donors (Lipinski definition) is 2. The van der Waals surface area contributed by atoms with Gasteiger partial charge in [0.15, 0.2) is 0 Å². The summed E-state index contributed by atoms with van der Waals surface area (Å²) in [6.45, 7) is 0.439. The van der Waals surface area contributed by atoms with Crippen molar-refractivity contribution in [3.63, 3.8) is 0 Å². The fourth-order valence-electron chi connectivity index (χ4n) is 1.01. The first-order valence-electron chi connectivity index (χ1n) is 3.39. The number of rotatable bonds is 1. The monoisotopic (exact) mass is 220 g/mol. The number of H-pyrrole nitrogens is 1. The van der Waals surface area contributed by atoms with Gasteiger partial charge in [-0.2, -0.15) is 0 Å². The molecule has 0 unspecified atom stereocenters. The highest BCUT2D eigenvalue weighted by molar-refractivity contribution is 5.85. The van der Waals surface area contributed by atoms with Crippen molar-refractivity contribution in [2.75, 3.05) is 0 Å². The van der Waals surface area contributed by atoms with E-state index in [2.05, 4.69) is 15.0 Å². The zero-order valence-electron chi connectivity index (χ0n) is 6.73. The molecule has 4 nitrogen and oxygen atoms in total. The van der Waals surface area contributed by atoms with Crippen LogP contribution in [0.1, 0.15) is 5.82 Å². The first-order valence-corrected chi connectivity index (χ1v) is 3.39. The third-order valence-electron chi connectivity index (χ3n) is 1.53. The van der Waals surface area contributed by atoms with Gasteiger partial charge in [0.2, 0.25) is 0 Å². The van der Waals surface area contributed by atoms with Crippen molar-refractivity contribution in [1.82, 2.24) is 15.0 Å². The normalized spacial score (nSPS) is 9.00. The van der Waals surface area contributed by atoms with Gasteiger partial charge in [0.05, 0.1) is 23.8 Å². The number of pyridine rings is 1. The van der Waals surface area contributed by atoms with E-state index >= 15 is 0 Å². The molecule has 0 atom stereocenters. The molecule has 6 heteroatoms. The molecule has 0 aliphatic rings. The largest absolute Gasteiger partial charge is 0.340 e. The lowest BCUT2D eigenvalue weighted by molar-refractivity contribution is 0.958. The predicted octanol–water partition coefficient (Wildman–Crippen LogP) is 1.26. The van der Waals surface area contributed by atoms with E-state index in [0.717, 1.165) is 16.9 Å². The van der Waals surface area contributed by atoms with Gasteiger partial charge >= 0.3 is 0 Å². The van der Waals surface area contributed by atoms with Crippen LogP contribution in [0.15, 0.2) is 18.5 Å². The van der Waals surface area contributed by atoms with Crippen LogP contribution < -0.4 is 5.73 Å². The van der Waals surface area contributed by atoms with Gasteiger partial charge in [0.1, 0.15) is 5.82 Å². The molecular formula is C7H10Cl2N4. The molecule has 72 valence electrons. The fraction of sp³-hybridized carbons (Fsp3) is 0.143. The van der Waals surface area contributed by atoms with Crippen molar-refractivity contribution >= 4 is 35.8 Å². The number of halogens is 2. The minimum atomic E-state index is 0. The minimum Gasteiger partial charge on any atom is -0.340 e. The molecule has 0 saturated carbocycles. The average molecular weight is 221 g/mol. The Hall–Kier alpha value is -0.840. The number of hydrogen-bond acceptors (Lipinski definition) is 3. The lowest BCUT2D eigenvalue weighted by Crippen LogP contribution is -1.97. The molecule has 2 aromatic heterocycles. The van der Waals surface area contributed by atoms with Crippen LogP contribution in [-0.2, 0) is 6.54 Å². The zero-order valence-corrected chi connectivity index (χ0v) is 8.36. The van der Waals surface area contributed by atoms with E-state index in [9.17, 15) is 0 Å². The maximum Gasteiger partial charge on any atom is 0.121 e. The summed E-state index contributed by atoms with van der Waals surface area (Å²) in [6.07, 6.45) is 3.45. The second-order valence-electron chi connectivity index (χ2n) is 2.28. The van der Waals surface area contributed by atoms with Crippen LogP contribution in [0.4, 0.5) is 0 Å². The number of fused-ring (bicyclic) bond motifs is 1. The molecular weight excluding hydrogens is 211 g/mol. The number of aromatic nitrogens is 3. The molecule has 0 fully saturated rings. The summed E-state index contributed by atoms with van der Waals surface area (Å²) in [7, 11) is 0. The van der Waals surface area contributed by atoms with Crippen LogP contribution in [-0.4, -0.2) is 15.0 Å². The van der Waals surface area contributed by atoms with Crippen LogP contribution in [0.25, 0.3) is 11.0 Å². The molecule has 0 aliphatic heterocycles. The van der Waals surface area contributed by atoms with Gasteiger partial charge in [-0.3, -0.25) is 4.98 Å². The van der Waals surface area contributed by atoms with Gasteiger partial charge < -0.3 is 10.7 Å². The molecule has 0 saturated heterocycles. The SMILES string of the molecule is Cl.Cl.NCc1nc2ccncc2[nH]1. The molecule has 0 amide bonds. The second kappa shape index (κ2) is 5.01. The number of imidazole rings is 1. The summed E-state index contributed by atoms with van der Waals surface area (Å²) < 4.78 is 0. The Kier molecular flexibility index (Phi) is 4.69. The van der Waals surface area contributed by atoms with E-state index in [1.165, 1.54) is 0 Å².